The van der Waals surface area contributed by atoms with Gasteiger partial charge in [-0.1, -0.05) is 18.2 Å². The number of nitrogens with one attached hydrogen (secondary N) is 3. The Balaban J connectivity index is 1.35. The van der Waals surface area contributed by atoms with Crippen molar-refractivity contribution in [1.82, 2.24) is 5.32 Å². The average molecular weight is 588 g/mol. The van der Waals surface area contributed by atoms with Crippen LogP contribution in [0.5, 0.6) is 11.5 Å². The third-order valence-corrected chi connectivity index (χ3v) is 7.54. The smallest absolute Gasteiger partial charge is 0.260 e. The molecule has 2 aliphatic rings. The van der Waals surface area contributed by atoms with Gasteiger partial charge in [0.1, 0.15) is 12.6 Å². The number of fused-ring (bicyclic) bond motifs is 4. The molecule has 0 saturated carbocycles. The first-order valence-electron chi connectivity index (χ1n) is 14.2. The van der Waals surface area contributed by atoms with Crippen molar-refractivity contribution in [2.75, 3.05) is 36.3 Å². The minimum Gasteiger partial charge on any atom is -0.493 e. The standard InChI is InChI=1S/C32H37N5O6/c1-18(33)30(38)35-19(2)31(39)36-23-10-20(16-41-3)9-21(11-23)17-43-29-14-26-25(13-28(29)42-4)32(40)37-24(15-34-26)12-22-7-5-6-8-27(22)37/h5-11,13-14,18-19,24,34H,12,15-17,33H2,1-4H3,(H,35,38)(H,36,39)/t18-,19-,24-/m0/s1. The Labute approximate surface area is 250 Å². The molecule has 43 heavy (non-hydrogen) atoms. The molecule has 0 bridgehead atoms. The van der Waals surface area contributed by atoms with Crippen molar-refractivity contribution in [3.8, 4) is 11.5 Å². The first-order valence-corrected chi connectivity index (χ1v) is 14.2. The zero-order valence-electron chi connectivity index (χ0n) is 24.7. The van der Waals surface area contributed by atoms with E-state index < -0.39 is 18.0 Å². The largest absolute Gasteiger partial charge is 0.493 e. The molecule has 3 amide bonds. The number of benzene rings is 3. The number of para-hydroxylation sites is 1. The van der Waals surface area contributed by atoms with Gasteiger partial charge in [0.2, 0.25) is 11.8 Å². The minimum atomic E-state index is -0.785. The highest BCUT2D eigenvalue weighted by atomic mass is 16.5. The molecule has 0 aliphatic carbocycles. The van der Waals surface area contributed by atoms with Gasteiger partial charge in [-0.25, -0.2) is 0 Å². The number of amides is 3. The zero-order valence-corrected chi connectivity index (χ0v) is 24.7. The fourth-order valence-corrected chi connectivity index (χ4v) is 5.40. The van der Waals surface area contributed by atoms with Gasteiger partial charge in [-0.15, -0.1) is 0 Å². The molecule has 3 atom stereocenters. The Morgan fingerprint density at radius 2 is 1.77 bits per heavy atom. The summed E-state index contributed by atoms with van der Waals surface area (Å²) in [5.41, 5.74) is 11.0. The number of nitrogens with zero attached hydrogens (tertiary/aromatic N) is 1. The van der Waals surface area contributed by atoms with Crippen molar-refractivity contribution in [2.24, 2.45) is 5.73 Å². The van der Waals surface area contributed by atoms with Crippen LogP contribution >= 0.6 is 0 Å². The number of hydrogen-bond acceptors (Lipinski definition) is 8. The highest BCUT2D eigenvalue weighted by molar-refractivity contribution is 6.12. The van der Waals surface area contributed by atoms with E-state index in [0.717, 1.165) is 28.8 Å². The second-order valence-corrected chi connectivity index (χ2v) is 10.9. The lowest BCUT2D eigenvalue weighted by molar-refractivity contribution is -0.126. The Hall–Kier alpha value is -4.61. The van der Waals surface area contributed by atoms with Crippen LogP contribution < -0.4 is 36.1 Å². The molecular weight excluding hydrogens is 550 g/mol. The van der Waals surface area contributed by atoms with Crippen LogP contribution in [0.25, 0.3) is 0 Å². The fraction of sp³-hybridized carbons (Fsp3) is 0.344. The summed E-state index contributed by atoms with van der Waals surface area (Å²) in [7, 11) is 3.13. The average Bonchev–Trinajstić information content (AvgIpc) is 3.30. The summed E-state index contributed by atoms with van der Waals surface area (Å²) in [6.45, 7) is 4.22. The third-order valence-electron chi connectivity index (χ3n) is 7.54. The molecule has 11 nitrogen and oxygen atoms in total. The Bertz CT molecular complexity index is 1540. The molecule has 11 heteroatoms. The third kappa shape index (κ3) is 6.42. The van der Waals surface area contributed by atoms with Crippen molar-refractivity contribution < 1.29 is 28.6 Å². The number of carbonyl (C=O) groups is 3. The second-order valence-electron chi connectivity index (χ2n) is 10.9. The predicted molar refractivity (Wildman–Crippen MR) is 164 cm³/mol. The Morgan fingerprint density at radius 1 is 1.02 bits per heavy atom. The molecular formula is C32H37N5O6. The topological polar surface area (TPSA) is 144 Å². The van der Waals surface area contributed by atoms with Crippen LogP contribution in [-0.4, -0.2) is 56.6 Å². The molecule has 2 heterocycles. The van der Waals surface area contributed by atoms with Gasteiger partial charge in [0, 0.05) is 31.1 Å². The molecule has 2 aliphatic heterocycles. The molecule has 0 spiro atoms. The van der Waals surface area contributed by atoms with E-state index in [0.29, 0.717) is 41.6 Å². The van der Waals surface area contributed by atoms with E-state index in [9.17, 15) is 14.4 Å². The number of carbonyl (C=O) groups excluding carboxylic acids is 3. The Morgan fingerprint density at radius 3 is 2.49 bits per heavy atom. The van der Waals surface area contributed by atoms with E-state index in [-0.39, 0.29) is 24.5 Å². The summed E-state index contributed by atoms with van der Waals surface area (Å²) < 4.78 is 17.2. The number of anilines is 3. The molecule has 5 N–H and O–H groups in total. The summed E-state index contributed by atoms with van der Waals surface area (Å²) in [6, 6.07) is 15.5. The summed E-state index contributed by atoms with van der Waals surface area (Å²) in [5, 5.41) is 8.87. The molecule has 0 radical (unpaired) electrons. The van der Waals surface area contributed by atoms with E-state index in [1.54, 1.807) is 45.2 Å². The minimum absolute atomic E-state index is 0.0135. The highest BCUT2D eigenvalue weighted by Gasteiger charge is 2.37. The molecule has 0 fully saturated rings. The van der Waals surface area contributed by atoms with Gasteiger partial charge in [-0.3, -0.25) is 14.4 Å². The summed E-state index contributed by atoms with van der Waals surface area (Å²) >= 11 is 0. The molecule has 0 aromatic heterocycles. The van der Waals surface area contributed by atoms with Crippen molar-refractivity contribution in [2.45, 2.75) is 51.6 Å². The lowest BCUT2D eigenvalue weighted by Crippen LogP contribution is -2.47. The van der Waals surface area contributed by atoms with E-state index >= 15 is 0 Å². The van der Waals surface area contributed by atoms with Crippen molar-refractivity contribution in [1.29, 1.82) is 0 Å². The monoisotopic (exact) mass is 587 g/mol. The normalized spacial score (nSPS) is 16.5. The van der Waals surface area contributed by atoms with Crippen LogP contribution in [0.15, 0.2) is 54.6 Å². The van der Waals surface area contributed by atoms with Crippen LogP contribution in [0.1, 0.15) is 40.9 Å². The van der Waals surface area contributed by atoms with Gasteiger partial charge in [0.25, 0.3) is 5.91 Å². The van der Waals surface area contributed by atoms with Crippen LogP contribution in [0.2, 0.25) is 0 Å². The SMILES string of the molecule is COCc1cc(COc2cc3c(cc2OC)C(=O)N2c4ccccc4C[C@H]2CN3)cc(NC(=O)[C@H](C)NC(=O)[C@H](C)N)c1. The number of methoxy groups -OCH3 is 2. The summed E-state index contributed by atoms with van der Waals surface area (Å²) in [4.78, 5) is 40.3. The quantitative estimate of drug-likeness (QED) is 0.283. The van der Waals surface area contributed by atoms with Crippen molar-refractivity contribution >= 4 is 34.8 Å². The van der Waals surface area contributed by atoms with Gasteiger partial charge in [0.05, 0.1) is 37.1 Å². The predicted octanol–water partition coefficient (Wildman–Crippen LogP) is 3.21. The molecule has 0 unspecified atom stereocenters. The zero-order chi connectivity index (χ0) is 30.7. The summed E-state index contributed by atoms with van der Waals surface area (Å²) in [6.07, 6.45) is 0.789. The Kier molecular flexibility index (Phi) is 8.84. The van der Waals surface area contributed by atoms with Crippen LogP contribution in [0, 0.1) is 0 Å². The van der Waals surface area contributed by atoms with Crippen molar-refractivity contribution in [3.05, 3.63) is 76.9 Å². The van der Waals surface area contributed by atoms with Crippen LogP contribution in [0.4, 0.5) is 17.1 Å². The molecule has 3 aromatic rings. The fourth-order valence-electron chi connectivity index (χ4n) is 5.40. The van der Waals surface area contributed by atoms with Gasteiger partial charge >= 0.3 is 0 Å². The van der Waals surface area contributed by atoms with Gasteiger partial charge in [-0.2, -0.15) is 0 Å². The lowest BCUT2D eigenvalue weighted by Gasteiger charge is -2.22. The molecule has 3 aromatic carbocycles. The number of hydrogen-bond donors (Lipinski definition) is 4. The second kappa shape index (κ2) is 12.7. The van der Waals surface area contributed by atoms with Crippen LogP contribution in [-0.2, 0) is 34.0 Å². The molecule has 5 rings (SSSR count). The lowest BCUT2D eigenvalue weighted by atomic mass is 10.1. The van der Waals surface area contributed by atoms with Gasteiger partial charge in [-0.05, 0) is 67.3 Å². The maximum absolute atomic E-state index is 13.7. The number of nitrogens with two attached hydrogens (primary N) is 1. The highest BCUT2D eigenvalue weighted by Crippen LogP contribution is 2.40. The van der Waals surface area contributed by atoms with E-state index in [4.69, 9.17) is 19.9 Å². The van der Waals surface area contributed by atoms with E-state index in [1.807, 2.05) is 29.2 Å². The first-order chi connectivity index (χ1) is 20.7. The van der Waals surface area contributed by atoms with Gasteiger partial charge < -0.3 is 40.8 Å². The number of ether oxygens (including phenoxy) is 3. The van der Waals surface area contributed by atoms with E-state index in [1.165, 1.54) is 7.11 Å². The summed E-state index contributed by atoms with van der Waals surface area (Å²) in [5.74, 6) is 0.0144. The van der Waals surface area contributed by atoms with Gasteiger partial charge in [0.15, 0.2) is 11.5 Å². The maximum atomic E-state index is 13.7. The molecule has 226 valence electrons. The first kappa shape index (κ1) is 29.9. The number of rotatable bonds is 10. The van der Waals surface area contributed by atoms with E-state index in [2.05, 4.69) is 22.0 Å². The van der Waals surface area contributed by atoms with Crippen molar-refractivity contribution in [3.63, 3.8) is 0 Å². The molecule has 0 saturated heterocycles. The maximum Gasteiger partial charge on any atom is 0.260 e. The van der Waals surface area contributed by atoms with Crippen LogP contribution in [0.3, 0.4) is 0 Å².